The number of amides is 2. The van der Waals surface area contributed by atoms with Gasteiger partial charge >= 0.3 is 0 Å². The van der Waals surface area contributed by atoms with E-state index < -0.39 is 28.5 Å². The van der Waals surface area contributed by atoms with Crippen LogP contribution in [0, 0.1) is 0 Å². The average Bonchev–Trinajstić information content (AvgIpc) is 3.04. The second-order valence-corrected chi connectivity index (χ2v) is 13.1. The zero-order valence-corrected chi connectivity index (χ0v) is 27.7. The molecule has 0 aliphatic carbocycles. The lowest BCUT2D eigenvalue weighted by Gasteiger charge is -2.34. The SMILES string of the molecule is CCNC(=O)[C@H](Cc1ccccc1)N(Cc1ccc(Cl)c(Cl)c1)C(=O)CN(c1ccc(OC)c(Cl)c1)S(=O)(=O)c1ccccc1. The molecular formula is C33H32Cl3N3O5S. The summed E-state index contributed by atoms with van der Waals surface area (Å²) in [5.74, 6) is -0.677. The van der Waals surface area contributed by atoms with E-state index in [0.717, 1.165) is 9.87 Å². The zero-order valence-electron chi connectivity index (χ0n) is 24.6. The van der Waals surface area contributed by atoms with Crippen molar-refractivity contribution in [2.24, 2.45) is 0 Å². The molecule has 0 aromatic heterocycles. The summed E-state index contributed by atoms with van der Waals surface area (Å²) in [4.78, 5) is 29.4. The minimum atomic E-state index is -4.27. The quantitative estimate of drug-likeness (QED) is 0.170. The first-order valence-corrected chi connectivity index (χ1v) is 16.6. The molecule has 0 bridgehead atoms. The van der Waals surface area contributed by atoms with E-state index in [2.05, 4.69) is 5.32 Å². The van der Waals surface area contributed by atoms with Gasteiger partial charge in [-0.25, -0.2) is 8.42 Å². The molecule has 0 radical (unpaired) electrons. The highest BCUT2D eigenvalue weighted by Gasteiger charge is 2.34. The van der Waals surface area contributed by atoms with E-state index in [9.17, 15) is 18.0 Å². The highest BCUT2D eigenvalue weighted by Crippen LogP contribution is 2.32. The standard InChI is InChI=1S/C33H32Cl3N3O5S/c1-3-37-33(41)30(19-23-10-6-4-7-11-23)38(21-24-14-16-27(34)28(35)18-24)32(40)22-39(25-15-17-31(44-2)29(36)20-25)45(42,43)26-12-8-5-9-13-26/h4-18,20,30H,3,19,21-22H2,1-2H3,(H,37,41)/t30-/m0/s1. The molecule has 2 amide bonds. The van der Waals surface area contributed by atoms with E-state index in [1.807, 2.05) is 30.3 Å². The highest BCUT2D eigenvalue weighted by atomic mass is 35.5. The first-order valence-electron chi connectivity index (χ1n) is 14.0. The van der Waals surface area contributed by atoms with E-state index in [1.54, 1.807) is 43.3 Å². The van der Waals surface area contributed by atoms with Gasteiger partial charge in [-0.2, -0.15) is 0 Å². The van der Waals surface area contributed by atoms with Gasteiger partial charge in [-0.1, -0.05) is 89.4 Å². The summed E-state index contributed by atoms with van der Waals surface area (Å²) in [6.45, 7) is 1.43. The third-order valence-corrected chi connectivity index (χ3v) is 9.81. The van der Waals surface area contributed by atoms with Crippen molar-refractivity contribution < 1.29 is 22.7 Å². The minimum Gasteiger partial charge on any atom is -0.495 e. The lowest BCUT2D eigenvalue weighted by Crippen LogP contribution is -2.53. The molecule has 0 aliphatic heterocycles. The maximum atomic E-state index is 14.4. The van der Waals surface area contributed by atoms with Crippen molar-refractivity contribution in [3.8, 4) is 5.75 Å². The van der Waals surface area contributed by atoms with Crippen molar-refractivity contribution in [1.82, 2.24) is 10.2 Å². The number of anilines is 1. The molecule has 4 aromatic rings. The van der Waals surface area contributed by atoms with Crippen molar-refractivity contribution >= 4 is 62.3 Å². The summed E-state index contributed by atoms with van der Waals surface area (Å²) in [5.41, 5.74) is 1.56. The van der Waals surface area contributed by atoms with E-state index >= 15 is 0 Å². The predicted octanol–water partition coefficient (Wildman–Crippen LogP) is 6.63. The molecule has 1 atom stereocenters. The van der Waals surface area contributed by atoms with E-state index in [1.165, 1.54) is 42.3 Å². The van der Waals surface area contributed by atoms with Gasteiger partial charge in [0.15, 0.2) is 0 Å². The van der Waals surface area contributed by atoms with Gasteiger partial charge in [0.1, 0.15) is 18.3 Å². The van der Waals surface area contributed by atoms with Crippen molar-refractivity contribution in [2.75, 3.05) is 24.5 Å². The summed E-state index contributed by atoms with van der Waals surface area (Å²) in [6.07, 6.45) is 0.180. The van der Waals surface area contributed by atoms with Gasteiger partial charge in [0.05, 0.1) is 32.8 Å². The molecule has 0 heterocycles. The molecular weight excluding hydrogens is 657 g/mol. The number of rotatable bonds is 13. The number of likely N-dealkylation sites (N-methyl/N-ethyl adjacent to an activating group) is 1. The molecule has 4 aromatic carbocycles. The third-order valence-electron chi connectivity index (χ3n) is 6.99. The van der Waals surface area contributed by atoms with E-state index in [4.69, 9.17) is 39.5 Å². The van der Waals surface area contributed by atoms with Crippen molar-refractivity contribution in [2.45, 2.75) is 30.8 Å². The number of benzene rings is 4. The lowest BCUT2D eigenvalue weighted by atomic mass is 10.0. The molecule has 0 aliphatic rings. The van der Waals surface area contributed by atoms with Gasteiger partial charge in [0.25, 0.3) is 10.0 Å². The molecule has 0 spiro atoms. The Labute approximate surface area is 278 Å². The maximum Gasteiger partial charge on any atom is 0.264 e. The van der Waals surface area contributed by atoms with Crippen LogP contribution in [0.15, 0.2) is 102 Å². The number of carbonyl (C=O) groups excluding carboxylic acids is 2. The first-order chi connectivity index (χ1) is 21.5. The monoisotopic (exact) mass is 687 g/mol. The number of halogens is 3. The lowest BCUT2D eigenvalue weighted by molar-refractivity contribution is -0.140. The molecule has 0 saturated heterocycles. The average molecular weight is 689 g/mol. The van der Waals surface area contributed by atoms with Gasteiger partial charge < -0.3 is 15.0 Å². The highest BCUT2D eigenvalue weighted by molar-refractivity contribution is 7.92. The first kappa shape index (κ1) is 34.1. The molecule has 12 heteroatoms. The Bertz CT molecular complexity index is 1740. The fourth-order valence-corrected chi connectivity index (χ4v) is 6.74. The molecule has 0 unspecified atom stereocenters. The Morgan fingerprint density at radius 1 is 0.822 bits per heavy atom. The minimum absolute atomic E-state index is 0.0228. The number of hydrogen-bond donors (Lipinski definition) is 1. The molecule has 1 N–H and O–H groups in total. The van der Waals surface area contributed by atoms with Gasteiger partial charge in [-0.05, 0) is 60.5 Å². The Morgan fingerprint density at radius 3 is 2.09 bits per heavy atom. The second-order valence-electron chi connectivity index (χ2n) is 10.0. The number of carbonyl (C=O) groups is 2. The zero-order chi connectivity index (χ0) is 32.6. The second kappa shape index (κ2) is 15.5. The smallest absolute Gasteiger partial charge is 0.264 e. The van der Waals surface area contributed by atoms with E-state index in [0.29, 0.717) is 22.9 Å². The molecule has 8 nitrogen and oxygen atoms in total. The fourth-order valence-electron chi connectivity index (χ4n) is 4.74. The molecule has 0 saturated carbocycles. The van der Waals surface area contributed by atoms with Crippen molar-refractivity contribution in [3.05, 3.63) is 123 Å². The Balaban J connectivity index is 1.82. The number of methoxy groups -OCH3 is 1. The number of nitrogens with one attached hydrogen (secondary N) is 1. The van der Waals surface area contributed by atoms with Crippen LogP contribution in [-0.2, 0) is 32.6 Å². The van der Waals surface area contributed by atoms with Gasteiger partial charge in [-0.15, -0.1) is 0 Å². The summed E-state index contributed by atoms with van der Waals surface area (Å²) < 4.78 is 34.4. The van der Waals surface area contributed by atoms with Crippen LogP contribution in [0.25, 0.3) is 0 Å². The van der Waals surface area contributed by atoms with Crippen LogP contribution in [0.2, 0.25) is 15.1 Å². The Hall–Kier alpha value is -3.76. The summed E-state index contributed by atoms with van der Waals surface area (Å²) >= 11 is 18.9. The topological polar surface area (TPSA) is 96.0 Å². The largest absolute Gasteiger partial charge is 0.495 e. The van der Waals surface area contributed by atoms with Gasteiger partial charge in [-0.3, -0.25) is 13.9 Å². The number of hydrogen-bond acceptors (Lipinski definition) is 5. The van der Waals surface area contributed by atoms with Crippen LogP contribution < -0.4 is 14.4 Å². The van der Waals surface area contributed by atoms with Crippen molar-refractivity contribution in [1.29, 1.82) is 0 Å². The Morgan fingerprint density at radius 2 is 1.49 bits per heavy atom. The van der Waals surface area contributed by atoms with Crippen LogP contribution in [0.5, 0.6) is 5.75 Å². The van der Waals surface area contributed by atoms with Crippen LogP contribution in [-0.4, -0.2) is 51.4 Å². The molecule has 0 fully saturated rings. The normalized spacial score (nSPS) is 11.8. The number of ether oxygens (including phenoxy) is 1. The van der Waals surface area contributed by atoms with E-state index in [-0.39, 0.29) is 39.5 Å². The van der Waals surface area contributed by atoms with Crippen LogP contribution >= 0.6 is 34.8 Å². The molecule has 45 heavy (non-hydrogen) atoms. The number of sulfonamides is 1. The van der Waals surface area contributed by atoms with Crippen LogP contribution in [0.4, 0.5) is 5.69 Å². The van der Waals surface area contributed by atoms with Crippen LogP contribution in [0.3, 0.4) is 0 Å². The maximum absolute atomic E-state index is 14.4. The van der Waals surface area contributed by atoms with Crippen LogP contribution in [0.1, 0.15) is 18.1 Å². The summed E-state index contributed by atoms with van der Waals surface area (Å²) in [5, 5.41) is 3.60. The number of nitrogens with zero attached hydrogens (tertiary/aromatic N) is 2. The third kappa shape index (κ3) is 8.49. The summed E-state index contributed by atoms with van der Waals surface area (Å²) in [7, 11) is -2.83. The van der Waals surface area contributed by atoms with Crippen molar-refractivity contribution in [3.63, 3.8) is 0 Å². The van der Waals surface area contributed by atoms with Gasteiger partial charge in [0, 0.05) is 19.5 Å². The fraction of sp³-hybridized carbons (Fsp3) is 0.212. The Kier molecular flexibility index (Phi) is 11.7. The molecule has 236 valence electrons. The molecule has 4 rings (SSSR count). The van der Waals surface area contributed by atoms with Gasteiger partial charge in [0.2, 0.25) is 11.8 Å². The summed E-state index contributed by atoms with van der Waals surface area (Å²) in [6, 6.07) is 25.4. The predicted molar refractivity (Wildman–Crippen MR) is 179 cm³/mol.